The van der Waals surface area contributed by atoms with Crippen LogP contribution in [-0.4, -0.2) is 57.6 Å². The van der Waals surface area contributed by atoms with Crippen molar-refractivity contribution in [2.45, 2.75) is 45.3 Å². The average molecular weight is 387 g/mol. The number of H-pyrrole nitrogens is 1. The molecule has 26 heavy (non-hydrogen) atoms. The zero-order chi connectivity index (χ0) is 19.4. The van der Waals surface area contributed by atoms with Crippen molar-refractivity contribution < 1.29 is 33.3 Å². The van der Waals surface area contributed by atoms with E-state index in [-0.39, 0.29) is 11.2 Å². The Morgan fingerprint density at radius 2 is 1.81 bits per heavy atom. The third-order valence-electron chi connectivity index (χ3n) is 3.32. The van der Waals surface area contributed by atoms with Gasteiger partial charge in [-0.05, 0) is 0 Å². The fourth-order valence-corrected chi connectivity index (χ4v) is 2.57. The van der Waals surface area contributed by atoms with Crippen LogP contribution in [0.4, 0.5) is 0 Å². The van der Waals surface area contributed by atoms with E-state index >= 15 is 0 Å². The van der Waals surface area contributed by atoms with Crippen molar-refractivity contribution in [1.29, 1.82) is 0 Å². The van der Waals surface area contributed by atoms with Gasteiger partial charge in [0.15, 0.2) is 18.4 Å². The van der Waals surface area contributed by atoms with Crippen LogP contribution in [0.1, 0.15) is 27.0 Å². The van der Waals surface area contributed by atoms with E-state index in [1.165, 1.54) is 13.1 Å². The molecule has 142 valence electrons. The van der Waals surface area contributed by atoms with Gasteiger partial charge in [0, 0.05) is 20.8 Å². The molecule has 1 aromatic heterocycles. The van der Waals surface area contributed by atoms with E-state index in [0.717, 1.165) is 18.5 Å². The molecule has 0 aliphatic carbocycles. The Labute approximate surface area is 152 Å². The van der Waals surface area contributed by atoms with Gasteiger partial charge in [-0.25, -0.2) is 4.79 Å². The first-order chi connectivity index (χ1) is 12.2. The first kappa shape index (κ1) is 19.7. The maximum absolute atomic E-state index is 12.1. The quantitative estimate of drug-likeness (QED) is 0.404. The maximum Gasteiger partial charge on any atom is 0.345 e. The van der Waals surface area contributed by atoms with Gasteiger partial charge < -0.3 is 18.9 Å². The van der Waals surface area contributed by atoms with Gasteiger partial charge in [0.05, 0.1) is 6.20 Å². The zero-order valence-electron chi connectivity index (χ0n) is 14.2. The predicted octanol–water partition coefficient (Wildman–Crippen LogP) is -0.375. The summed E-state index contributed by atoms with van der Waals surface area (Å²) in [4.78, 5) is 48.5. The Kier molecular flexibility index (Phi) is 6.21. The first-order valence-electron chi connectivity index (χ1n) is 7.50. The number of rotatable bonds is 5. The molecule has 0 saturated carbocycles. The second-order valence-corrected chi connectivity index (χ2v) is 5.84. The molecule has 0 bridgehead atoms. The van der Waals surface area contributed by atoms with Gasteiger partial charge in [-0.1, -0.05) is 12.2 Å². The lowest BCUT2D eigenvalue weighted by atomic mass is 10.1. The van der Waals surface area contributed by atoms with E-state index in [2.05, 4.69) is 10.1 Å². The second-order valence-electron chi connectivity index (χ2n) is 5.40. The summed E-state index contributed by atoms with van der Waals surface area (Å²) in [6, 6.07) is 0. The topological polar surface area (TPSA) is 139 Å². The molecule has 1 aromatic rings. The molecule has 12 heteroatoms. The number of aromatic nitrogens is 3. The average Bonchev–Trinajstić information content (AvgIpc) is 2.82. The third kappa shape index (κ3) is 4.73. The fraction of sp³-hybridized carbons (Fsp3) is 0.571. The monoisotopic (exact) mass is 387 g/mol. The summed E-state index contributed by atoms with van der Waals surface area (Å²) in [5.41, 5.74) is -0.714. The molecule has 1 saturated heterocycles. The Hall–Kier alpha value is -2.60. The van der Waals surface area contributed by atoms with Crippen molar-refractivity contribution in [3.05, 3.63) is 21.3 Å². The summed E-state index contributed by atoms with van der Waals surface area (Å²) in [6.45, 7) is 3.22. The number of esters is 3. The summed E-state index contributed by atoms with van der Waals surface area (Å²) >= 11 is 4.82. The lowest BCUT2D eigenvalue weighted by Crippen LogP contribution is -2.42. The normalized spacial score (nSPS) is 24.7. The highest BCUT2D eigenvalue weighted by atomic mass is 32.1. The van der Waals surface area contributed by atoms with Crippen LogP contribution in [0.25, 0.3) is 0 Å². The molecule has 0 unspecified atom stereocenters. The molecule has 11 nitrogen and oxygen atoms in total. The first-order valence-corrected chi connectivity index (χ1v) is 7.91. The number of nitrogens with one attached hydrogen (secondary N) is 1. The lowest BCUT2D eigenvalue weighted by Gasteiger charge is -2.23. The van der Waals surface area contributed by atoms with Crippen molar-refractivity contribution in [2.24, 2.45) is 0 Å². The summed E-state index contributed by atoms with van der Waals surface area (Å²) < 4.78 is 21.9. The maximum atomic E-state index is 12.1. The summed E-state index contributed by atoms with van der Waals surface area (Å²) in [5, 5.41) is 3.86. The van der Waals surface area contributed by atoms with Crippen LogP contribution in [-0.2, 0) is 33.3 Å². The van der Waals surface area contributed by atoms with Crippen LogP contribution in [0, 0.1) is 4.64 Å². The number of carbonyl (C=O) groups is 3. The molecule has 1 fully saturated rings. The Morgan fingerprint density at radius 3 is 2.35 bits per heavy atom. The number of hydrogen-bond donors (Lipinski definition) is 1. The smallest absolute Gasteiger partial charge is 0.345 e. The molecular formula is C14H17N3O8S. The van der Waals surface area contributed by atoms with E-state index in [0.29, 0.717) is 0 Å². The van der Waals surface area contributed by atoms with Crippen LogP contribution in [0.15, 0.2) is 11.0 Å². The standard InChI is InChI=1S/C14H17N3O8S/c1-6(18)22-5-9-11(23-7(2)19)12(24-8(3)20)13(25-9)17-14(21)16-10(26)4-15-17/h4,9,11-13H,5H2,1-3H3,(H,16,21,26)/t9-,11-,12-,13-/m1/s1. The Bertz CT molecular complexity index is 819. The molecule has 0 spiro atoms. The highest BCUT2D eigenvalue weighted by molar-refractivity contribution is 7.71. The summed E-state index contributed by atoms with van der Waals surface area (Å²) in [6.07, 6.45) is -3.30. The molecule has 4 atom stereocenters. The highest BCUT2D eigenvalue weighted by Crippen LogP contribution is 2.33. The lowest BCUT2D eigenvalue weighted by molar-refractivity contribution is -0.166. The van der Waals surface area contributed by atoms with Crippen molar-refractivity contribution in [1.82, 2.24) is 14.8 Å². The minimum atomic E-state index is -1.22. The van der Waals surface area contributed by atoms with Crippen molar-refractivity contribution in [2.75, 3.05) is 6.61 Å². The molecule has 1 aliphatic heterocycles. The summed E-state index contributed by atoms with van der Waals surface area (Å²) in [7, 11) is 0. The molecule has 0 radical (unpaired) electrons. The number of aromatic amines is 1. The van der Waals surface area contributed by atoms with E-state index < -0.39 is 48.1 Å². The minimum Gasteiger partial charge on any atom is -0.463 e. The predicted molar refractivity (Wildman–Crippen MR) is 85.3 cm³/mol. The van der Waals surface area contributed by atoms with E-state index in [4.69, 9.17) is 31.2 Å². The van der Waals surface area contributed by atoms with Gasteiger partial charge in [0.25, 0.3) is 0 Å². The zero-order valence-corrected chi connectivity index (χ0v) is 15.0. The van der Waals surface area contributed by atoms with Gasteiger partial charge in [-0.15, -0.1) is 0 Å². The molecule has 1 N–H and O–H groups in total. The van der Waals surface area contributed by atoms with Gasteiger partial charge in [0.2, 0.25) is 0 Å². The highest BCUT2D eigenvalue weighted by Gasteiger charge is 2.51. The van der Waals surface area contributed by atoms with Gasteiger partial charge in [0.1, 0.15) is 17.4 Å². The molecule has 1 aliphatic rings. The van der Waals surface area contributed by atoms with Crippen LogP contribution in [0.5, 0.6) is 0 Å². The van der Waals surface area contributed by atoms with Crippen molar-refractivity contribution >= 4 is 30.1 Å². The number of nitrogens with zero attached hydrogens (tertiary/aromatic N) is 2. The number of carbonyl (C=O) groups excluding carboxylic acids is 3. The SMILES string of the molecule is CC(=O)OC[C@H]1O[C@@H](n2ncc(=S)[nH]c2=O)[C@H](OC(C)=O)[C@@H]1OC(C)=O. The Morgan fingerprint density at radius 1 is 1.19 bits per heavy atom. The minimum absolute atomic E-state index is 0.0984. The van der Waals surface area contributed by atoms with Crippen LogP contribution in [0.3, 0.4) is 0 Å². The second kappa shape index (κ2) is 8.19. The van der Waals surface area contributed by atoms with Gasteiger partial charge >= 0.3 is 23.6 Å². The van der Waals surface area contributed by atoms with Crippen LogP contribution < -0.4 is 5.69 Å². The largest absolute Gasteiger partial charge is 0.463 e. The van der Waals surface area contributed by atoms with Crippen LogP contribution in [0.2, 0.25) is 0 Å². The Balaban J connectivity index is 2.41. The molecule has 0 amide bonds. The van der Waals surface area contributed by atoms with Crippen LogP contribution >= 0.6 is 12.2 Å². The van der Waals surface area contributed by atoms with E-state index in [1.807, 2.05) is 0 Å². The molecule has 0 aromatic carbocycles. The van der Waals surface area contributed by atoms with Crippen molar-refractivity contribution in [3.63, 3.8) is 0 Å². The molecule has 2 rings (SSSR count). The van der Waals surface area contributed by atoms with E-state index in [1.54, 1.807) is 0 Å². The van der Waals surface area contributed by atoms with Gasteiger partial charge in [-0.2, -0.15) is 9.78 Å². The number of hydrogen-bond acceptors (Lipinski definition) is 10. The fourth-order valence-electron chi connectivity index (χ4n) is 2.43. The summed E-state index contributed by atoms with van der Waals surface area (Å²) in [5.74, 6) is -1.94. The number of ether oxygens (including phenoxy) is 4. The van der Waals surface area contributed by atoms with E-state index in [9.17, 15) is 19.2 Å². The van der Waals surface area contributed by atoms with Crippen molar-refractivity contribution in [3.8, 4) is 0 Å². The van der Waals surface area contributed by atoms with Gasteiger partial charge in [-0.3, -0.25) is 19.4 Å². The molecular weight excluding hydrogens is 370 g/mol. The molecule has 2 heterocycles. The third-order valence-corrected chi connectivity index (χ3v) is 3.53.